The zero-order chi connectivity index (χ0) is 29.4. The number of carbonyl (C=O) groups is 2. The van der Waals surface area contributed by atoms with Crippen molar-refractivity contribution in [2.45, 2.75) is 59.9 Å². The lowest BCUT2D eigenvalue weighted by atomic mass is 9.82. The van der Waals surface area contributed by atoms with Crippen molar-refractivity contribution in [2.24, 2.45) is 5.41 Å². The van der Waals surface area contributed by atoms with Crippen LogP contribution in [-0.4, -0.2) is 53.2 Å². The fraction of sp³-hybridized carbons (Fsp3) is 0.452. The number of ether oxygens (including phenoxy) is 1. The van der Waals surface area contributed by atoms with Crippen LogP contribution in [0.1, 0.15) is 63.0 Å². The van der Waals surface area contributed by atoms with Crippen LogP contribution in [0.5, 0.6) is 5.75 Å². The minimum atomic E-state index is -0.486. The number of carbonyl (C=O) groups excluding carboxylic acids is 2. The number of halogens is 1. The number of nitrogens with zero attached hydrogens (tertiary/aromatic N) is 3. The Labute approximate surface area is 241 Å². The van der Waals surface area contributed by atoms with Gasteiger partial charge in [0.25, 0.3) is 5.56 Å². The summed E-state index contributed by atoms with van der Waals surface area (Å²) in [5, 5.41) is 3.41. The molecule has 0 fully saturated rings. The number of rotatable bonds is 14. The summed E-state index contributed by atoms with van der Waals surface area (Å²) >= 11 is 6.13. The van der Waals surface area contributed by atoms with Gasteiger partial charge in [0, 0.05) is 37.4 Å². The third kappa shape index (κ3) is 7.86. The van der Waals surface area contributed by atoms with Crippen molar-refractivity contribution in [3.63, 3.8) is 0 Å². The molecule has 0 saturated heterocycles. The first-order chi connectivity index (χ1) is 19.0. The molecule has 8 nitrogen and oxygen atoms in total. The van der Waals surface area contributed by atoms with Gasteiger partial charge in [0.15, 0.2) is 5.78 Å². The Hall–Kier alpha value is -3.36. The molecule has 0 atom stereocenters. The number of para-hydroxylation sites is 1. The van der Waals surface area contributed by atoms with Gasteiger partial charge in [-0.25, -0.2) is 4.68 Å². The molecule has 3 rings (SSSR count). The summed E-state index contributed by atoms with van der Waals surface area (Å²) in [4.78, 5) is 42.1. The molecule has 0 radical (unpaired) electrons. The van der Waals surface area contributed by atoms with Crippen LogP contribution in [-0.2, 0) is 17.8 Å². The molecule has 3 aromatic rings. The van der Waals surface area contributed by atoms with E-state index in [0.29, 0.717) is 48.0 Å². The fourth-order valence-corrected chi connectivity index (χ4v) is 4.92. The standard InChI is InChI=1S/C31H41ClN4O4/c1-7-35-25(17-19-34(5)6)29(30(39)36(35)23-12-10-9-11-13-23)33-28(38)21-31(3,4)18-16-26(37)24-20-22(32)14-15-27(24)40-8-2/h9-15,20H,7-8,16-19,21H2,1-6H3,(H,33,38). The first-order valence-corrected chi connectivity index (χ1v) is 14.2. The predicted molar refractivity (Wildman–Crippen MR) is 161 cm³/mol. The first-order valence-electron chi connectivity index (χ1n) is 13.8. The van der Waals surface area contributed by atoms with Crippen LogP contribution in [0.3, 0.4) is 0 Å². The highest BCUT2D eigenvalue weighted by Crippen LogP contribution is 2.31. The number of likely N-dealkylation sites (N-methyl/N-ethyl adjacent to an activating group) is 1. The maximum absolute atomic E-state index is 13.6. The normalized spacial score (nSPS) is 11.6. The molecule has 1 heterocycles. The minimum absolute atomic E-state index is 0.0869. The average molecular weight is 569 g/mol. The molecule has 0 unspecified atom stereocenters. The monoisotopic (exact) mass is 568 g/mol. The molecule has 0 aliphatic carbocycles. The summed E-state index contributed by atoms with van der Waals surface area (Å²) in [7, 11) is 3.96. The van der Waals surface area contributed by atoms with Crippen molar-refractivity contribution in [3.05, 3.63) is 75.2 Å². The van der Waals surface area contributed by atoms with Crippen LogP contribution in [0.4, 0.5) is 5.69 Å². The molecule has 0 bridgehead atoms. The number of hydrogen-bond donors (Lipinski definition) is 1. The van der Waals surface area contributed by atoms with Gasteiger partial charge in [0.2, 0.25) is 5.91 Å². The van der Waals surface area contributed by atoms with Crippen molar-refractivity contribution >= 4 is 29.0 Å². The number of anilines is 1. The minimum Gasteiger partial charge on any atom is -0.493 e. The number of amides is 1. The van der Waals surface area contributed by atoms with E-state index in [2.05, 4.69) is 5.32 Å². The molecular formula is C31H41ClN4O4. The largest absolute Gasteiger partial charge is 0.493 e. The zero-order valence-electron chi connectivity index (χ0n) is 24.4. The van der Waals surface area contributed by atoms with E-state index in [-0.39, 0.29) is 30.1 Å². The second kappa shape index (κ2) is 13.8. The van der Waals surface area contributed by atoms with Gasteiger partial charge in [-0.1, -0.05) is 43.6 Å². The summed E-state index contributed by atoms with van der Waals surface area (Å²) in [5.41, 5.74) is 1.54. The van der Waals surface area contributed by atoms with E-state index in [1.165, 1.54) is 0 Å². The van der Waals surface area contributed by atoms with Crippen molar-refractivity contribution in [3.8, 4) is 11.4 Å². The smallest absolute Gasteiger partial charge is 0.295 e. The average Bonchev–Trinajstić information content (AvgIpc) is 3.17. The van der Waals surface area contributed by atoms with E-state index in [1.54, 1.807) is 22.9 Å². The topological polar surface area (TPSA) is 85.6 Å². The van der Waals surface area contributed by atoms with Crippen LogP contribution in [0.2, 0.25) is 5.02 Å². The van der Waals surface area contributed by atoms with Crippen molar-refractivity contribution < 1.29 is 14.3 Å². The summed E-state index contributed by atoms with van der Waals surface area (Å²) in [6.45, 7) is 9.49. The van der Waals surface area contributed by atoms with E-state index in [1.807, 2.05) is 81.7 Å². The second-order valence-electron chi connectivity index (χ2n) is 10.9. The molecule has 0 spiro atoms. The Morgan fingerprint density at radius 3 is 2.40 bits per heavy atom. The van der Waals surface area contributed by atoms with E-state index < -0.39 is 5.41 Å². The molecule has 9 heteroatoms. The van der Waals surface area contributed by atoms with E-state index in [9.17, 15) is 14.4 Å². The zero-order valence-corrected chi connectivity index (χ0v) is 25.2. The summed E-state index contributed by atoms with van der Waals surface area (Å²) < 4.78 is 9.17. The van der Waals surface area contributed by atoms with E-state index >= 15 is 0 Å². The molecule has 40 heavy (non-hydrogen) atoms. The molecule has 0 saturated carbocycles. The third-order valence-corrected chi connectivity index (χ3v) is 7.05. The molecule has 1 N–H and O–H groups in total. The Kier molecular flexibility index (Phi) is 10.8. The van der Waals surface area contributed by atoms with Crippen molar-refractivity contribution in [2.75, 3.05) is 32.6 Å². The predicted octanol–water partition coefficient (Wildman–Crippen LogP) is 5.83. The molecule has 0 aliphatic heterocycles. The van der Waals surface area contributed by atoms with Crippen LogP contribution in [0.15, 0.2) is 53.3 Å². The highest BCUT2D eigenvalue weighted by molar-refractivity contribution is 6.31. The lowest BCUT2D eigenvalue weighted by Crippen LogP contribution is -2.26. The highest BCUT2D eigenvalue weighted by atomic mass is 35.5. The van der Waals surface area contributed by atoms with Crippen LogP contribution < -0.4 is 15.6 Å². The Balaban J connectivity index is 1.79. The molecule has 0 aliphatic rings. The number of aromatic nitrogens is 2. The lowest BCUT2D eigenvalue weighted by molar-refractivity contribution is -0.118. The lowest BCUT2D eigenvalue weighted by Gasteiger charge is -2.24. The number of ketones is 1. The molecule has 1 aromatic heterocycles. The van der Waals surface area contributed by atoms with Gasteiger partial charge in [0.1, 0.15) is 11.4 Å². The number of nitrogens with one attached hydrogen (secondary N) is 1. The first kappa shape index (κ1) is 31.2. The van der Waals surface area contributed by atoms with Gasteiger partial charge in [0.05, 0.1) is 23.6 Å². The van der Waals surface area contributed by atoms with Gasteiger partial charge in [-0.2, -0.15) is 0 Å². The van der Waals surface area contributed by atoms with Crippen LogP contribution >= 0.6 is 11.6 Å². The fourth-order valence-electron chi connectivity index (χ4n) is 4.75. The van der Waals surface area contributed by atoms with Gasteiger partial charge in [-0.15, -0.1) is 0 Å². The number of hydrogen-bond acceptors (Lipinski definition) is 5. The number of benzene rings is 2. The maximum atomic E-state index is 13.6. The summed E-state index contributed by atoms with van der Waals surface area (Å²) in [6, 6.07) is 14.5. The van der Waals surface area contributed by atoms with Gasteiger partial charge in [-0.3, -0.25) is 19.1 Å². The van der Waals surface area contributed by atoms with Crippen molar-refractivity contribution in [1.82, 2.24) is 14.3 Å². The third-order valence-electron chi connectivity index (χ3n) is 6.82. The van der Waals surface area contributed by atoms with Gasteiger partial charge < -0.3 is 15.0 Å². The quantitative estimate of drug-likeness (QED) is 0.247. The summed E-state index contributed by atoms with van der Waals surface area (Å²) in [6.07, 6.45) is 1.48. The maximum Gasteiger partial charge on any atom is 0.295 e. The van der Waals surface area contributed by atoms with Crippen LogP contribution in [0, 0.1) is 5.41 Å². The summed E-state index contributed by atoms with van der Waals surface area (Å²) in [5.74, 6) is 0.163. The van der Waals surface area contributed by atoms with Gasteiger partial charge >= 0.3 is 0 Å². The van der Waals surface area contributed by atoms with E-state index in [0.717, 1.165) is 17.9 Å². The molecular weight excluding hydrogens is 528 g/mol. The molecule has 216 valence electrons. The second-order valence-corrected chi connectivity index (χ2v) is 11.4. The SMILES string of the molecule is CCOc1ccc(Cl)cc1C(=O)CCC(C)(C)CC(=O)Nc1c(CCN(C)C)n(CC)n(-c2ccccc2)c1=O. The van der Waals surface area contributed by atoms with Crippen molar-refractivity contribution in [1.29, 1.82) is 0 Å². The Bertz CT molecular complexity index is 1380. The van der Waals surface area contributed by atoms with Crippen LogP contribution in [0.25, 0.3) is 5.69 Å². The molecule has 1 amide bonds. The highest BCUT2D eigenvalue weighted by Gasteiger charge is 2.27. The number of Topliss-reactive ketones (excluding diaryl/α,β-unsaturated/α-hetero) is 1. The Morgan fingerprint density at radius 1 is 1.07 bits per heavy atom. The Morgan fingerprint density at radius 2 is 1.77 bits per heavy atom. The van der Waals surface area contributed by atoms with Gasteiger partial charge in [-0.05, 0) is 70.1 Å². The van der Waals surface area contributed by atoms with E-state index in [4.69, 9.17) is 16.3 Å². The molecule has 2 aromatic carbocycles.